The maximum Gasteiger partial charge on any atom is 0.187 e. The number of hydrogen-bond acceptors (Lipinski definition) is 4. The van der Waals surface area contributed by atoms with E-state index in [9.17, 15) is 0 Å². The van der Waals surface area contributed by atoms with Gasteiger partial charge in [0, 0.05) is 27.0 Å². The third kappa shape index (κ3) is 2.45. The predicted octanol–water partition coefficient (Wildman–Crippen LogP) is 5.08. The van der Waals surface area contributed by atoms with Crippen molar-refractivity contribution in [3.63, 3.8) is 0 Å². The van der Waals surface area contributed by atoms with Crippen molar-refractivity contribution in [2.45, 2.75) is 0 Å². The summed E-state index contributed by atoms with van der Waals surface area (Å²) < 4.78 is 0. The molecule has 0 bridgehead atoms. The first-order valence-electron chi connectivity index (χ1n) is 6.70. The number of nitrogens with zero attached hydrogens (tertiary/aromatic N) is 2. The van der Waals surface area contributed by atoms with Crippen molar-refractivity contribution in [2.75, 3.05) is 5.32 Å². The minimum Gasteiger partial charge on any atom is -0.332 e. The average molecular weight is 327 g/mol. The summed E-state index contributed by atoms with van der Waals surface area (Å²) in [6.45, 7) is 0. The molecular formula is C16H11ClN4S. The maximum atomic E-state index is 6.21. The molecule has 2 aromatic carbocycles. The highest BCUT2D eigenvalue weighted by Crippen LogP contribution is 2.31. The molecule has 0 aliphatic heterocycles. The molecule has 22 heavy (non-hydrogen) atoms. The first-order valence-corrected chi connectivity index (χ1v) is 7.96. The molecule has 0 unspecified atom stereocenters. The Bertz CT molecular complexity index is 944. The number of thiazole rings is 1. The third-order valence-corrected chi connectivity index (χ3v) is 4.43. The summed E-state index contributed by atoms with van der Waals surface area (Å²) in [7, 11) is 0. The minimum atomic E-state index is 0.708. The number of rotatable bonds is 3. The topological polar surface area (TPSA) is 53.6 Å². The van der Waals surface area contributed by atoms with Crippen molar-refractivity contribution in [1.82, 2.24) is 15.2 Å². The summed E-state index contributed by atoms with van der Waals surface area (Å²) in [6.07, 6.45) is 1.80. The Morgan fingerprint density at radius 1 is 1.14 bits per heavy atom. The van der Waals surface area contributed by atoms with Gasteiger partial charge in [-0.25, -0.2) is 4.98 Å². The van der Waals surface area contributed by atoms with Crippen molar-refractivity contribution in [2.24, 2.45) is 0 Å². The second-order valence-electron chi connectivity index (χ2n) is 4.81. The molecule has 2 aromatic heterocycles. The number of H-pyrrole nitrogens is 1. The first kappa shape index (κ1) is 13.3. The van der Waals surface area contributed by atoms with Crippen LogP contribution in [0.3, 0.4) is 0 Å². The molecule has 108 valence electrons. The van der Waals surface area contributed by atoms with Gasteiger partial charge in [-0.15, -0.1) is 11.3 Å². The smallest absolute Gasteiger partial charge is 0.187 e. The molecule has 0 atom stereocenters. The summed E-state index contributed by atoms with van der Waals surface area (Å²) in [5.74, 6) is 0. The molecular weight excluding hydrogens is 316 g/mol. The molecule has 0 saturated carbocycles. The van der Waals surface area contributed by atoms with Gasteiger partial charge in [-0.05, 0) is 24.3 Å². The normalized spacial score (nSPS) is 11.0. The van der Waals surface area contributed by atoms with E-state index >= 15 is 0 Å². The van der Waals surface area contributed by atoms with Crippen LogP contribution in [-0.4, -0.2) is 15.2 Å². The van der Waals surface area contributed by atoms with E-state index in [2.05, 4.69) is 20.5 Å². The summed E-state index contributed by atoms with van der Waals surface area (Å²) in [4.78, 5) is 4.60. The van der Waals surface area contributed by atoms with E-state index in [1.807, 2.05) is 47.8 Å². The van der Waals surface area contributed by atoms with Crippen molar-refractivity contribution in [1.29, 1.82) is 0 Å². The van der Waals surface area contributed by atoms with Gasteiger partial charge < -0.3 is 5.32 Å². The van der Waals surface area contributed by atoms with Gasteiger partial charge in [0.2, 0.25) is 0 Å². The van der Waals surface area contributed by atoms with Gasteiger partial charge in [-0.1, -0.05) is 29.8 Å². The van der Waals surface area contributed by atoms with E-state index in [-0.39, 0.29) is 0 Å². The van der Waals surface area contributed by atoms with Crippen molar-refractivity contribution in [3.05, 3.63) is 59.1 Å². The Morgan fingerprint density at radius 2 is 2.05 bits per heavy atom. The van der Waals surface area contributed by atoms with Gasteiger partial charge in [0.25, 0.3) is 0 Å². The van der Waals surface area contributed by atoms with Crippen LogP contribution in [0.2, 0.25) is 5.02 Å². The number of anilines is 2. The van der Waals surface area contributed by atoms with E-state index in [0.717, 1.165) is 33.0 Å². The Morgan fingerprint density at radius 3 is 2.95 bits per heavy atom. The van der Waals surface area contributed by atoms with E-state index < -0.39 is 0 Å². The van der Waals surface area contributed by atoms with Gasteiger partial charge in [0.15, 0.2) is 5.13 Å². The molecule has 0 saturated heterocycles. The van der Waals surface area contributed by atoms with Crippen LogP contribution >= 0.6 is 22.9 Å². The zero-order valence-corrected chi connectivity index (χ0v) is 12.9. The first-order chi connectivity index (χ1) is 10.8. The number of hydrogen-bond donors (Lipinski definition) is 2. The van der Waals surface area contributed by atoms with E-state index in [1.165, 1.54) is 0 Å². The summed E-state index contributed by atoms with van der Waals surface area (Å²) in [6, 6.07) is 13.7. The van der Waals surface area contributed by atoms with E-state index in [4.69, 9.17) is 11.6 Å². The highest BCUT2D eigenvalue weighted by molar-refractivity contribution is 7.14. The van der Waals surface area contributed by atoms with Crippen molar-refractivity contribution >= 4 is 44.7 Å². The molecule has 0 amide bonds. The van der Waals surface area contributed by atoms with E-state index in [1.54, 1.807) is 17.5 Å². The fourth-order valence-electron chi connectivity index (χ4n) is 2.27. The third-order valence-electron chi connectivity index (χ3n) is 3.35. The molecule has 4 aromatic rings. The van der Waals surface area contributed by atoms with Gasteiger partial charge in [-0.2, -0.15) is 5.10 Å². The van der Waals surface area contributed by atoms with Crippen LogP contribution in [0.5, 0.6) is 0 Å². The van der Waals surface area contributed by atoms with Crippen molar-refractivity contribution in [3.8, 4) is 11.3 Å². The second-order valence-corrected chi connectivity index (χ2v) is 6.08. The fourth-order valence-corrected chi connectivity index (χ4v) is 3.23. The fraction of sp³-hybridized carbons (Fsp3) is 0. The molecule has 2 heterocycles. The molecule has 0 spiro atoms. The molecule has 0 aliphatic carbocycles. The van der Waals surface area contributed by atoms with Crippen LogP contribution in [0, 0.1) is 0 Å². The molecule has 6 heteroatoms. The molecule has 0 radical (unpaired) electrons. The average Bonchev–Trinajstić information content (AvgIpc) is 3.16. The highest BCUT2D eigenvalue weighted by Gasteiger charge is 2.08. The minimum absolute atomic E-state index is 0.708. The summed E-state index contributed by atoms with van der Waals surface area (Å²) >= 11 is 7.77. The van der Waals surface area contributed by atoms with Crippen LogP contribution in [0.15, 0.2) is 54.0 Å². The lowest BCUT2D eigenvalue weighted by molar-refractivity contribution is 1.12. The van der Waals surface area contributed by atoms with Gasteiger partial charge >= 0.3 is 0 Å². The summed E-state index contributed by atoms with van der Waals surface area (Å²) in [5, 5.41) is 14.9. The molecule has 0 aliphatic rings. The highest BCUT2D eigenvalue weighted by atomic mass is 35.5. The number of benzene rings is 2. The zero-order chi connectivity index (χ0) is 14.9. The number of nitrogens with one attached hydrogen (secondary N) is 2. The number of fused-ring (bicyclic) bond motifs is 1. The van der Waals surface area contributed by atoms with E-state index in [0.29, 0.717) is 5.02 Å². The number of aromatic nitrogens is 3. The van der Waals surface area contributed by atoms with Crippen LogP contribution in [0.4, 0.5) is 10.8 Å². The second kappa shape index (κ2) is 5.44. The maximum absolute atomic E-state index is 6.21. The molecule has 4 nitrogen and oxygen atoms in total. The molecule has 0 fully saturated rings. The number of halogens is 1. The Kier molecular flexibility index (Phi) is 3.29. The van der Waals surface area contributed by atoms with Crippen LogP contribution in [-0.2, 0) is 0 Å². The lowest BCUT2D eigenvalue weighted by Gasteiger charge is -2.02. The molecule has 4 rings (SSSR count). The standard InChI is InChI=1S/C16H11ClN4S/c17-13-4-2-1-3-12(13)15-9-22-16(20-15)19-11-5-6-14-10(7-11)8-18-21-14/h1-9H,(H,18,21)(H,19,20). The Labute approximate surface area is 135 Å². The van der Waals surface area contributed by atoms with Crippen LogP contribution in [0.25, 0.3) is 22.2 Å². The van der Waals surface area contributed by atoms with Gasteiger partial charge in [0.05, 0.1) is 17.4 Å². The summed E-state index contributed by atoms with van der Waals surface area (Å²) in [5.41, 5.74) is 3.82. The SMILES string of the molecule is Clc1ccccc1-c1csc(Nc2ccc3[nH]ncc3c2)n1. The lowest BCUT2D eigenvalue weighted by Crippen LogP contribution is -1.89. The number of aromatic amines is 1. The van der Waals surface area contributed by atoms with Gasteiger partial charge in [-0.3, -0.25) is 5.10 Å². The molecule has 2 N–H and O–H groups in total. The van der Waals surface area contributed by atoms with Gasteiger partial charge in [0.1, 0.15) is 0 Å². The zero-order valence-electron chi connectivity index (χ0n) is 11.4. The monoisotopic (exact) mass is 326 g/mol. The Balaban J connectivity index is 1.63. The Hall–Kier alpha value is -2.37. The predicted molar refractivity (Wildman–Crippen MR) is 91.9 cm³/mol. The van der Waals surface area contributed by atoms with Crippen LogP contribution < -0.4 is 5.32 Å². The van der Waals surface area contributed by atoms with Crippen molar-refractivity contribution < 1.29 is 0 Å². The van der Waals surface area contributed by atoms with Crippen LogP contribution in [0.1, 0.15) is 0 Å². The largest absolute Gasteiger partial charge is 0.332 e. The lowest BCUT2D eigenvalue weighted by atomic mass is 10.2. The quantitative estimate of drug-likeness (QED) is 0.551.